The predicted molar refractivity (Wildman–Crippen MR) is 54.3 cm³/mol. The molecule has 0 saturated carbocycles. The zero-order chi connectivity index (χ0) is 10.0. The van der Waals surface area contributed by atoms with Gasteiger partial charge >= 0.3 is 0 Å². The molecule has 2 nitrogen and oxygen atoms in total. The first-order valence-electron chi connectivity index (χ1n) is 3.92. The number of benzene rings is 1. The van der Waals surface area contributed by atoms with Gasteiger partial charge in [-0.3, -0.25) is 0 Å². The molecule has 1 rings (SSSR count). The Hall–Kier alpha value is -0.770. The Kier molecular flexibility index (Phi) is 3.14. The van der Waals surface area contributed by atoms with E-state index in [1.807, 2.05) is 13.8 Å². The summed E-state index contributed by atoms with van der Waals surface area (Å²) >= 11 is 3.06. The van der Waals surface area contributed by atoms with E-state index < -0.39 is 0 Å². The summed E-state index contributed by atoms with van der Waals surface area (Å²) < 4.78 is 18.6. The monoisotopic (exact) mass is 247 g/mol. The molecule has 0 aliphatic heterocycles. The summed E-state index contributed by atoms with van der Waals surface area (Å²) in [5.74, 6) is 0.122. The third kappa shape index (κ3) is 2.59. The lowest BCUT2D eigenvalue weighted by Crippen LogP contribution is -2.07. The first-order valence-corrected chi connectivity index (χ1v) is 4.71. The Morgan fingerprint density at radius 3 is 2.62 bits per heavy atom. The van der Waals surface area contributed by atoms with E-state index in [0.717, 1.165) is 0 Å². The van der Waals surface area contributed by atoms with Gasteiger partial charge in [0.15, 0.2) is 0 Å². The molecule has 0 bridgehead atoms. The molecule has 0 spiro atoms. The van der Waals surface area contributed by atoms with E-state index in [0.29, 0.717) is 15.9 Å². The highest BCUT2D eigenvalue weighted by molar-refractivity contribution is 9.10. The van der Waals surface area contributed by atoms with Crippen LogP contribution >= 0.6 is 15.9 Å². The Morgan fingerprint density at radius 1 is 1.46 bits per heavy atom. The number of anilines is 1. The zero-order valence-corrected chi connectivity index (χ0v) is 9.06. The van der Waals surface area contributed by atoms with Crippen molar-refractivity contribution in [2.24, 2.45) is 0 Å². The third-order valence-electron chi connectivity index (χ3n) is 1.42. The number of hydrogen-bond donors (Lipinski definition) is 1. The molecule has 2 N–H and O–H groups in total. The van der Waals surface area contributed by atoms with Crippen molar-refractivity contribution in [2.75, 3.05) is 5.73 Å². The van der Waals surface area contributed by atoms with Crippen molar-refractivity contribution in [2.45, 2.75) is 20.0 Å². The standard InChI is InChI=1S/C9H11BrFNO/c1-5(2)13-9-3-6(10)7(11)4-8(9)12/h3-5H,12H2,1-2H3. The van der Waals surface area contributed by atoms with Crippen LogP contribution in [0.1, 0.15) is 13.8 Å². The molecule has 0 heterocycles. The van der Waals surface area contributed by atoms with Gasteiger partial charge in [-0.25, -0.2) is 4.39 Å². The second kappa shape index (κ2) is 3.96. The largest absolute Gasteiger partial charge is 0.489 e. The third-order valence-corrected chi connectivity index (χ3v) is 2.02. The van der Waals surface area contributed by atoms with E-state index in [1.54, 1.807) is 0 Å². The molecule has 0 aliphatic carbocycles. The smallest absolute Gasteiger partial charge is 0.143 e. The molecule has 13 heavy (non-hydrogen) atoms. The fraction of sp³-hybridized carbons (Fsp3) is 0.333. The Balaban J connectivity index is 3.01. The van der Waals surface area contributed by atoms with Crippen LogP contribution < -0.4 is 10.5 Å². The van der Waals surface area contributed by atoms with E-state index in [1.165, 1.54) is 12.1 Å². The van der Waals surface area contributed by atoms with E-state index in [9.17, 15) is 4.39 Å². The minimum Gasteiger partial charge on any atom is -0.489 e. The van der Waals surface area contributed by atoms with Crippen LogP contribution in [0.25, 0.3) is 0 Å². The van der Waals surface area contributed by atoms with Crippen molar-refractivity contribution < 1.29 is 9.13 Å². The van der Waals surface area contributed by atoms with Crippen LogP contribution in [0.2, 0.25) is 0 Å². The van der Waals surface area contributed by atoms with Crippen LogP contribution in [-0.4, -0.2) is 6.10 Å². The molecule has 72 valence electrons. The molecular weight excluding hydrogens is 237 g/mol. The first kappa shape index (κ1) is 10.3. The molecule has 0 amide bonds. The average molecular weight is 248 g/mol. The number of nitrogens with two attached hydrogens (primary N) is 1. The maximum absolute atomic E-state index is 12.9. The SMILES string of the molecule is CC(C)Oc1cc(Br)c(F)cc1N. The topological polar surface area (TPSA) is 35.2 Å². The molecule has 4 heteroatoms. The quantitative estimate of drug-likeness (QED) is 0.816. The fourth-order valence-electron chi connectivity index (χ4n) is 0.900. The van der Waals surface area contributed by atoms with Crippen molar-refractivity contribution >= 4 is 21.6 Å². The molecule has 0 saturated heterocycles. The second-order valence-corrected chi connectivity index (χ2v) is 3.83. The summed E-state index contributed by atoms with van der Waals surface area (Å²) in [6.07, 6.45) is 0.0275. The lowest BCUT2D eigenvalue weighted by Gasteiger charge is -2.12. The molecule has 0 aliphatic rings. The second-order valence-electron chi connectivity index (χ2n) is 2.97. The summed E-state index contributed by atoms with van der Waals surface area (Å²) in [5.41, 5.74) is 5.87. The van der Waals surface area contributed by atoms with Gasteiger partial charge in [-0.2, -0.15) is 0 Å². The van der Waals surface area contributed by atoms with Crippen LogP contribution in [0, 0.1) is 5.82 Å². The maximum Gasteiger partial charge on any atom is 0.143 e. The number of hydrogen-bond acceptors (Lipinski definition) is 2. The molecule has 0 radical (unpaired) electrons. The van der Waals surface area contributed by atoms with Crippen molar-refractivity contribution in [1.29, 1.82) is 0 Å². The van der Waals surface area contributed by atoms with Crippen molar-refractivity contribution in [1.82, 2.24) is 0 Å². The van der Waals surface area contributed by atoms with Gasteiger partial charge < -0.3 is 10.5 Å². The Labute approximate surface area is 85.0 Å². The predicted octanol–water partition coefficient (Wildman–Crippen LogP) is 2.96. The molecule has 0 atom stereocenters. The fourth-order valence-corrected chi connectivity index (χ4v) is 1.22. The van der Waals surface area contributed by atoms with Gasteiger partial charge in [-0.1, -0.05) is 0 Å². The lowest BCUT2D eigenvalue weighted by atomic mass is 10.3. The Morgan fingerprint density at radius 2 is 2.08 bits per heavy atom. The van der Waals surface area contributed by atoms with Gasteiger partial charge in [0.25, 0.3) is 0 Å². The van der Waals surface area contributed by atoms with Crippen molar-refractivity contribution in [3.63, 3.8) is 0 Å². The number of ether oxygens (including phenoxy) is 1. The van der Waals surface area contributed by atoms with Gasteiger partial charge in [-0.15, -0.1) is 0 Å². The summed E-state index contributed by atoms with van der Waals surface area (Å²) in [6, 6.07) is 2.77. The minimum absolute atomic E-state index is 0.0275. The van der Waals surface area contributed by atoms with Gasteiger partial charge in [0.1, 0.15) is 11.6 Å². The number of halogens is 2. The van der Waals surface area contributed by atoms with E-state index in [2.05, 4.69) is 15.9 Å². The molecule has 1 aromatic rings. The number of rotatable bonds is 2. The highest BCUT2D eigenvalue weighted by Crippen LogP contribution is 2.29. The maximum atomic E-state index is 12.9. The van der Waals surface area contributed by atoms with Crippen LogP contribution in [0.3, 0.4) is 0 Å². The minimum atomic E-state index is -0.381. The molecule has 0 fully saturated rings. The molecule has 1 aromatic carbocycles. The van der Waals surface area contributed by atoms with Crippen molar-refractivity contribution in [3.8, 4) is 5.75 Å². The average Bonchev–Trinajstić information content (AvgIpc) is 1.99. The summed E-state index contributed by atoms with van der Waals surface area (Å²) in [7, 11) is 0. The summed E-state index contributed by atoms with van der Waals surface area (Å²) in [4.78, 5) is 0. The van der Waals surface area contributed by atoms with Gasteiger partial charge in [0, 0.05) is 6.07 Å². The summed E-state index contributed by atoms with van der Waals surface area (Å²) in [6.45, 7) is 3.77. The normalized spacial score (nSPS) is 10.5. The van der Waals surface area contributed by atoms with E-state index in [4.69, 9.17) is 10.5 Å². The van der Waals surface area contributed by atoms with Crippen LogP contribution in [0.4, 0.5) is 10.1 Å². The van der Waals surface area contributed by atoms with Gasteiger partial charge in [0.2, 0.25) is 0 Å². The molecular formula is C9H11BrFNO. The van der Waals surface area contributed by atoms with Crippen LogP contribution in [-0.2, 0) is 0 Å². The molecule has 0 aromatic heterocycles. The van der Waals surface area contributed by atoms with E-state index in [-0.39, 0.29) is 11.9 Å². The molecule has 0 unspecified atom stereocenters. The summed E-state index contributed by atoms with van der Waals surface area (Å²) in [5, 5.41) is 0. The zero-order valence-electron chi connectivity index (χ0n) is 7.47. The number of nitrogen functional groups attached to an aromatic ring is 1. The van der Waals surface area contributed by atoms with E-state index >= 15 is 0 Å². The highest BCUT2D eigenvalue weighted by Gasteiger charge is 2.07. The highest BCUT2D eigenvalue weighted by atomic mass is 79.9. The first-order chi connectivity index (χ1) is 6.00. The van der Waals surface area contributed by atoms with Gasteiger partial charge in [0.05, 0.1) is 16.3 Å². The lowest BCUT2D eigenvalue weighted by molar-refractivity contribution is 0.243. The van der Waals surface area contributed by atoms with Crippen LogP contribution in [0.5, 0.6) is 5.75 Å². The van der Waals surface area contributed by atoms with Gasteiger partial charge in [-0.05, 0) is 35.8 Å². The Bertz CT molecular complexity index is 315. The van der Waals surface area contributed by atoms with Crippen molar-refractivity contribution in [3.05, 3.63) is 22.4 Å². The van der Waals surface area contributed by atoms with Crippen LogP contribution in [0.15, 0.2) is 16.6 Å².